The van der Waals surface area contributed by atoms with Crippen LogP contribution < -0.4 is 0 Å². The molecule has 1 N–H and O–H groups in total. The molecule has 3 fully saturated rings. The number of ether oxygens (including phenoxy) is 4. The molecule has 2 saturated heterocycles. The fourth-order valence-corrected chi connectivity index (χ4v) is 7.06. The second kappa shape index (κ2) is 11.4. The number of hydrogen-bond acceptors (Lipinski definition) is 7. The Kier molecular flexibility index (Phi) is 8.54. The molecule has 11 heteroatoms. The standard InChI is InChI=1S/C28H39BrClN3O6/c1-26(2,3)39-25(34)32-9-13-38-28(18-32)16-27(35,17-28)8-12-36-11-7-19-21(30)14-22-20(24(19)29)15-31-33(22)23-6-4-5-10-37-23/h14-15,23,35H,4-13,16-18H2,1-3H3. The van der Waals surface area contributed by atoms with E-state index in [2.05, 4.69) is 21.0 Å². The maximum absolute atomic E-state index is 12.5. The van der Waals surface area contributed by atoms with Crippen LogP contribution in [-0.4, -0.2) is 82.2 Å². The summed E-state index contributed by atoms with van der Waals surface area (Å²) in [5, 5.41) is 17.3. The Labute approximate surface area is 243 Å². The van der Waals surface area contributed by atoms with E-state index in [0.717, 1.165) is 46.8 Å². The van der Waals surface area contributed by atoms with Crippen molar-refractivity contribution in [1.29, 1.82) is 0 Å². The van der Waals surface area contributed by atoms with E-state index in [-0.39, 0.29) is 12.3 Å². The molecule has 2 aliphatic heterocycles. The maximum atomic E-state index is 12.5. The summed E-state index contributed by atoms with van der Waals surface area (Å²) in [6, 6.07) is 1.96. The van der Waals surface area contributed by atoms with Crippen molar-refractivity contribution < 1.29 is 28.8 Å². The van der Waals surface area contributed by atoms with Crippen LogP contribution in [-0.2, 0) is 25.4 Å². The highest BCUT2D eigenvalue weighted by atomic mass is 79.9. The molecule has 39 heavy (non-hydrogen) atoms. The highest BCUT2D eigenvalue weighted by Crippen LogP contribution is 2.48. The largest absolute Gasteiger partial charge is 0.444 e. The van der Waals surface area contributed by atoms with E-state index in [1.807, 2.05) is 37.7 Å². The van der Waals surface area contributed by atoms with E-state index in [0.29, 0.717) is 63.6 Å². The zero-order chi connectivity index (χ0) is 27.8. The van der Waals surface area contributed by atoms with Gasteiger partial charge in [-0.25, -0.2) is 9.48 Å². The molecule has 1 aromatic carbocycles. The van der Waals surface area contributed by atoms with Crippen molar-refractivity contribution in [3.8, 4) is 0 Å². The van der Waals surface area contributed by atoms with Gasteiger partial charge in [0.1, 0.15) is 5.60 Å². The van der Waals surface area contributed by atoms with E-state index in [1.54, 1.807) is 4.90 Å². The first kappa shape index (κ1) is 29.1. The van der Waals surface area contributed by atoms with Crippen molar-refractivity contribution in [2.75, 3.05) is 39.5 Å². The van der Waals surface area contributed by atoms with Crippen molar-refractivity contribution in [3.63, 3.8) is 0 Å². The number of aromatic nitrogens is 2. The number of aliphatic hydroxyl groups is 1. The molecule has 5 rings (SSSR count). The van der Waals surface area contributed by atoms with E-state index in [9.17, 15) is 9.90 Å². The molecule has 1 aliphatic carbocycles. The number of nitrogens with zero attached hydrogens (tertiary/aromatic N) is 3. The van der Waals surface area contributed by atoms with Gasteiger partial charge in [0.15, 0.2) is 6.23 Å². The summed E-state index contributed by atoms with van der Waals surface area (Å²) in [7, 11) is 0. The number of morpholine rings is 1. The summed E-state index contributed by atoms with van der Waals surface area (Å²) in [6.07, 6.45) is 6.74. The van der Waals surface area contributed by atoms with Crippen LogP contribution in [0.2, 0.25) is 5.02 Å². The minimum absolute atomic E-state index is 0.0516. The molecular weight excluding hydrogens is 590 g/mol. The summed E-state index contributed by atoms with van der Waals surface area (Å²) < 4.78 is 26.2. The first-order valence-corrected chi connectivity index (χ1v) is 15.0. The predicted molar refractivity (Wildman–Crippen MR) is 151 cm³/mol. The van der Waals surface area contributed by atoms with Gasteiger partial charge in [-0.15, -0.1) is 0 Å². The second-order valence-corrected chi connectivity index (χ2v) is 13.3. The average molecular weight is 629 g/mol. The molecule has 1 atom stereocenters. The molecule has 3 heterocycles. The van der Waals surface area contributed by atoms with E-state index in [1.165, 1.54) is 0 Å². The van der Waals surface area contributed by atoms with Gasteiger partial charge >= 0.3 is 6.09 Å². The summed E-state index contributed by atoms with van der Waals surface area (Å²) in [5.74, 6) is 0. The number of hydrogen-bond donors (Lipinski definition) is 1. The van der Waals surface area contributed by atoms with Gasteiger partial charge in [-0.2, -0.15) is 5.10 Å². The van der Waals surface area contributed by atoms with Crippen LogP contribution in [0.1, 0.15) is 71.1 Å². The van der Waals surface area contributed by atoms with Gasteiger partial charge in [0.25, 0.3) is 0 Å². The van der Waals surface area contributed by atoms with Crippen molar-refractivity contribution in [1.82, 2.24) is 14.7 Å². The molecule has 3 aliphatic rings. The van der Waals surface area contributed by atoms with Crippen LogP contribution in [0.5, 0.6) is 0 Å². The highest BCUT2D eigenvalue weighted by Gasteiger charge is 2.57. The zero-order valence-corrected chi connectivity index (χ0v) is 25.4. The molecule has 216 valence electrons. The Morgan fingerprint density at radius 1 is 1.28 bits per heavy atom. The summed E-state index contributed by atoms with van der Waals surface area (Å²) in [5.41, 5.74) is 0.0268. The molecule has 2 aromatic rings. The minimum atomic E-state index is -0.857. The third kappa shape index (κ3) is 6.57. The summed E-state index contributed by atoms with van der Waals surface area (Å²) in [4.78, 5) is 14.2. The van der Waals surface area contributed by atoms with Crippen LogP contribution in [0.25, 0.3) is 10.9 Å². The van der Waals surface area contributed by atoms with Crippen molar-refractivity contribution >= 4 is 44.5 Å². The van der Waals surface area contributed by atoms with Crippen molar-refractivity contribution in [2.45, 2.75) is 88.7 Å². The van der Waals surface area contributed by atoms with Crippen LogP contribution in [0.3, 0.4) is 0 Å². The normalized spacial score (nSPS) is 27.6. The van der Waals surface area contributed by atoms with Gasteiger partial charge in [-0.3, -0.25) is 0 Å². The lowest BCUT2D eigenvalue weighted by Crippen LogP contribution is -2.66. The molecule has 1 saturated carbocycles. The molecule has 1 aromatic heterocycles. The first-order valence-electron chi connectivity index (χ1n) is 13.9. The number of benzene rings is 1. The molecule has 1 amide bonds. The third-order valence-electron chi connectivity index (χ3n) is 7.73. The topological polar surface area (TPSA) is 95.3 Å². The molecular formula is C28H39BrClN3O6. The molecule has 1 spiro atoms. The van der Waals surface area contributed by atoms with Gasteiger partial charge in [-0.05, 0) is 80.4 Å². The maximum Gasteiger partial charge on any atom is 0.410 e. The van der Waals surface area contributed by atoms with Gasteiger partial charge in [0.2, 0.25) is 0 Å². The lowest BCUT2D eigenvalue weighted by atomic mass is 9.65. The minimum Gasteiger partial charge on any atom is -0.444 e. The fraction of sp³-hybridized carbons (Fsp3) is 0.714. The SMILES string of the molecule is CC(C)(C)OC(=O)N1CCOC2(C1)CC(O)(CCOCCc1c(Cl)cc3c(cnn3C3CCCCO3)c1Br)C2. The van der Waals surface area contributed by atoms with Crippen molar-refractivity contribution in [2.24, 2.45) is 0 Å². The molecule has 1 unspecified atom stereocenters. The average Bonchev–Trinajstić information content (AvgIpc) is 3.28. The second-order valence-electron chi connectivity index (χ2n) is 12.1. The monoisotopic (exact) mass is 627 g/mol. The molecule has 0 bridgehead atoms. The quantitative estimate of drug-likeness (QED) is 0.397. The predicted octanol–water partition coefficient (Wildman–Crippen LogP) is 5.63. The van der Waals surface area contributed by atoms with Crippen LogP contribution in [0.4, 0.5) is 4.79 Å². The van der Waals surface area contributed by atoms with E-state index < -0.39 is 16.8 Å². The lowest BCUT2D eigenvalue weighted by molar-refractivity contribution is -0.235. The zero-order valence-electron chi connectivity index (χ0n) is 23.0. The fourth-order valence-electron chi connectivity index (χ4n) is 5.94. The lowest BCUT2D eigenvalue weighted by Gasteiger charge is -2.56. The number of fused-ring (bicyclic) bond motifs is 1. The van der Waals surface area contributed by atoms with Gasteiger partial charge in [0, 0.05) is 47.5 Å². The van der Waals surface area contributed by atoms with Crippen LogP contribution in [0.15, 0.2) is 16.7 Å². The smallest absolute Gasteiger partial charge is 0.410 e. The number of carbonyl (C=O) groups excluding carboxylic acids is 1. The Morgan fingerprint density at radius 3 is 2.79 bits per heavy atom. The molecule has 9 nitrogen and oxygen atoms in total. The third-order valence-corrected chi connectivity index (χ3v) is 8.97. The van der Waals surface area contributed by atoms with Crippen LogP contribution in [0, 0.1) is 0 Å². The first-order chi connectivity index (χ1) is 18.5. The molecule has 0 radical (unpaired) electrons. The summed E-state index contributed by atoms with van der Waals surface area (Å²) >= 11 is 10.4. The van der Waals surface area contributed by atoms with Gasteiger partial charge in [0.05, 0.1) is 42.7 Å². The number of amides is 1. The van der Waals surface area contributed by atoms with E-state index in [4.69, 9.17) is 30.5 Å². The van der Waals surface area contributed by atoms with E-state index >= 15 is 0 Å². The van der Waals surface area contributed by atoms with Gasteiger partial charge in [-0.1, -0.05) is 11.6 Å². The number of carbonyl (C=O) groups is 1. The van der Waals surface area contributed by atoms with Crippen LogP contribution >= 0.6 is 27.5 Å². The van der Waals surface area contributed by atoms with Crippen molar-refractivity contribution in [3.05, 3.63) is 27.3 Å². The Balaban J connectivity index is 1.09. The number of halogens is 2. The highest BCUT2D eigenvalue weighted by molar-refractivity contribution is 9.10. The van der Waals surface area contributed by atoms with Gasteiger partial charge < -0.3 is 29.0 Å². The number of rotatable bonds is 7. The Bertz CT molecular complexity index is 1190. The summed E-state index contributed by atoms with van der Waals surface area (Å²) in [6.45, 7) is 8.61. The Hall–Kier alpha value is -1.43. The Morgan fingerprint density at radius 2 is 2.08 bits per heavy atom.